The molecule has 2 aliphatic heterocycles. The van der Waals surface area contributed by atoms with Crippen molar-refractivity contribution in [3.63, 3.8) is 0 Å². The molecule has 7 rings (SSSR count). The van der Waals surface area contributed by atoms with E-state index in [0.29, 0.717) is 61.4 Å². The van der Waals surface area contributed by atoms with Crippen molar-refractivity contribution in [1.29, 1.82) is 0 Å². The number of aromatic nitrogens is 3. The molecular formula is C38H59BrN4O5. The highest BCUT2D eigenvalue weighted by Gasteiger charge is 2.72. The van der Waals surface area contributed by atoms with Gasteiger partial charge in [-0.15, -0.1) is 0 Å². The molecule has 1 aromatic rings. The van der Waals surface area contributed by atoms with Crippen LogP contribution in [0.15, 0.2) is 22.7 Å². The summed E-state index contributed by atoms with van der Waals surface area (Å²) in [7, 11) is 0. The molecule has 0 spiro atoms. The Morgan fingerprint density at radius 2 is 1.81 bits per heavy atom. The molecule has 10 heteroatoms. The molecule has 6 aliphatic rings. The first kappa shape index (κ1) is 35.1. The van der Waals surface area contributed by atoms with E-state index in [1.54, 1.807) is 6.33 Å². The molecule has 9 nitrogen and oxygen atoms in total. The zero-order chi connectivity index (χ0) is 34.5. The van der Waals surface area contributed by atoms with Crippen LogP contribution in [-0.4, -0.2) is 70.5 Å². The third kappa shape index (κ3) is 4.84. The highest BCUT2D eigenvalue weighted by Crippen LogP contribution is 2.75. The molecule has 5 fully saturated rings. The molecule has 0 amide bonds. The fourth-order valence-electron chi connectivity index (χ4n) is 12.8. The minimum absolute atomic E-state index is 0.0514. The molecule has 3 heterocycles. The van der Waals surface area contributed by atoms with Crippen LogP contribution < -0.4 is 5.73 Å². The third-order valence-electron chi connectivity index (χ3n) is 16.0. The van der Waals surface area contributed by atoms with Crippen molar-refractivity contribution < 1.29 is 24.1 Å². The van der Waals surface area contributed by atoms with Crippen molar-refractivity contribution in [2.24, 2.45) is 62.4 Å². The van der Waals surface area contributed by atoms with Crippen LogP contribution in [0.4, 0.5) is 0 Å². The molecule has 2 bridgehead atoms. The van der Waals surface area contributed by atoms with Crippen molar-refractivity contribution >= 4 is 21.9 Å². The second kappa shape index (κ2) is 11.9. The quantitative estimate of drug-likeness (QED) is 0.286. The summed E-state index contributed by atoms with van der Waals surface area (Å²) in [6.45, 7) is 19.4. The molecular weight excluding hydrogens is 672 g/mol. The first-order chi connectivity index (χ1) is 22.6. The number of rotatable bonds is 7. The van der Waals surface area contributed by atoms with E-state index in [2.05, 4.69) is 75.5 Å². The summed E-state index contributed by atoms with van der Waals surface area (Å²) in [5.74, 6) is 0.415. The molecule has 1 aromatic heterocycles. The van der Waals surface area contributed by atoms with Crippen LogP contribution >= 0.6 is 15.9 Å². The average molecular weight is 732 g/mol. The molecule has 2 saturated heterocycles. The summed E-state index contributed by atoms with van der Waals surface area (Å²) in [4.78, 5) is 18.0. The van der Waals surface area contributed by atoms with Gasteiger partial charge in [0.05, 0.1) is 37.9 Å². The molecule has 48 heavy (non-hydrogen) atoms. The zero-order valence-electron chi connectivity index (χ0n) is 30.3. The number of carboxylic acids is 1. The molecule has 4 aliphatic carbocycles. The fourth-order valence-corrected chi connectivity index (χ4v) is 13.2. The van der Waals surface area contributed by atoms with E-state index in [1.807, 2.05) is 4.68 Å². The number of carbonyl (C=O) groups is 1. The zero-order valence-corrected chi connectivity index (χ0v) is 31.9. The van der Waals surface area contributed by atoms with Crippen LogP contribution in [0, 0.1) is 56.7 Å². The Labute approximate surface area is 295 Å². The Morgan fingerprint density at radius 3 is 2.46 bits per heavy atom. The van der Waals surface area contributed by atoms with Crippen LogP contribution in [0.2, 0.25) is 0 Å². The highest BCUT2D eigenvalue weighted by atomic mass is 79.9. The Kier molecular flexibility index (Phi) is 8.67. The van der Waals surface area contributed by atoms with Gasteiger partial charge in [-0.25, -0.2) is 9.67 Å². The summed E-state index contributed by atoms with van der Waals surface area (Å²) in [6, 6.07) is -0.0514. The predicted octanol–water partition coefficient (Wildman–Crippen LogP) is 7.06. The molecule has 1 unspecified atom stereocenters. The van der Waals surface area contributed by atoms with Gasteiger partial charge >= 0.3 is 5.97 Å². The Balaban J connectivity index is 1.30. The fraction of sp³-hybridized carbons (Fsp3) is 0.868. The van der Waals surface area contributed by atoms with Crippen molar-refractivity contribution in [3.8, 4) is 0 Å². The SMILES string of the molecule is CC(C)[C@@H](C)[C@@]1(C)CC[C@]2(C)[C@H]3CC[C@H]4C5(C)COC[C@@]4(C[C@@H](n4ncnc4Br)[C@@H]5OCC4(N)CCOCC4)C3=CC[C@@]2(C)[C@@H]1C(=O)O. The molecule has 3 saturated carbocycles. The number of carboxylic acid groups (broad SMARTS) is 1. The van der Waals surface area contributed by atoms with Gasteiger partial charge in [0, 0.05) is 29.6 Å². The number of nitrogens with zero attached hydrogens (tertiary/aromatic N) is 3. The summed E-state index contributed by atoms with van der Waals surface area (Å²) in [5, 5.41) is 15.8. The largest absolute Gasteiger partial charge is 0.481 e. The van der Waals surface area contributed by atoms with Gasteiger partial charge in [-0.05, 0) is 107 Å². The first-order valence-electron chi connectivity index (χ1n) is 18.6. The van der Waals surface area contributed by atoms with Gasteiger partial charge < -0.3 is 25.1 Å². The van der Waals surface area contributed by atoms with Gasteiger partial charge in [-0.2, -0.15) is 5.10 Å². The lowest BCUT2D eigenvalue weighted by molar-refractivity contribution is -0.253. The normalized spacial score (nSPS) is 45.8. The minimum Gasteiger partial charge on any atom is -0.481 e. The lowest BCUT2D eigenvalue weighted by Crippen LogP contribution is -2.69. The smallest absolute Gasteiger partial charge is 0.307 e. The molecule has 0 radical (unpaired) electrons. The van der Waals surface area contributed by atoms with E-state index >= 15 is 0 Å². The van der Waals surface area contributed by atoms with Gasteiger partial charge in [0.2, 0.25) is 0 Å². The summed E-state index contributed by atoms with van der Waals surface area (Å²) >= 11 is 3.72. The van der Waals surface area contributed by atoms with Gasteiger partial charge in [0.1, 0.15) is 6.33 Å². The number of halogens is 1. The van der Waals surface area contributed by atoms with E-state index < -0.39 is 17.4 Å². The second-order valence-corrected chi connectivity index (χ2v) is 19.0. The van der Waals surface area contributed by atoms with E-state index in [1.165, 1.54) is 5.57 Å². The number of aliphatic carboxylic acids is 1. The van der Waals surface area contributed by atoms with E-state index in [0.717, 1.165) is 51.4 Å². The summed E-state index contributed by atoms with van der Waals surface area (Å²) in [6.07, 6.45) is 11.3. The van der Waals surface area contributed by atoms with E-state index in [4.69, 9.17) is 25.0 Å². The van der Waals surface area contributed by atoms with Gasteiger partial charge in [-0.1, -0.05) is 60.1 Å². The molecule has 268 valence electrons. The van der Waals surface area contributed by atoms with Gasteiger partial charge in [0.15, 0.2) is 4.73 Å². The van der Waals surface area contributed by atoms with Crippen LogP contribution in [0.1, 0.15) is 106 Å². The van der Waals surface area contributed by atoms with Gasteiger partial charge in [-0.3, -0.25) is 4.79 Å². The van der Waals surface area contributed by atoms with Crippen LogP contribution in [0.25, 0.3) is 0 Å². The maximum absolute atomic E-state index is 13.5. The number of fused-ring (bicyclic) bond motifs is 3. The third-order valence-corrected chi connectivity index (χ3v) is 16.5. The maximum atomic E-state index is 13.5. The van der Waals surface area contributed by atoms with E-state index in [-0.39, 0.29) is 39.2 Å². The van der Waals surface area contributed by atoms with Crippen LogP contribution in [0.3, 0.4) is 0 Å². The number of hydrogen-bond donors (Lipinski definition) is 2. The topological polar surface area (TPSA) is 122 Å². The lowest BCUT2D eigenvalue weighted by Gasteiger charge is -2.71. The summed E-state index contributed by atoms with van der Waals surface area (Å²) in [5.41, 5.74) is 6.84. The lowest BCUT2D eigenvalue weighted by atomic mass is 9.34. The summed E-state index contributed by atoms with van der Waals surface area (Å²) < 4.78 is 22.2. The van der Waals surface area contributed by atoms with Crippen molar-refractivity contribution in [2.45, 2.75) is 118 Å². The number of allylic oxidation sites excluding steroid dienone is 1. The van der Waals surface area contributed by atoms with Crippen molar-refractivity contribution in [1.82, 2.24) is 14.8 Å². The number of hydrogen-bond acceptors (Lipinski definition) is 7. The minimum atomic E-state index is -0.619. The monoisotopic (exact) mass is 730 g/mol. The number of nitrogens with two attached hydrogens (primary N) is 1. The Bertz CT molecular complexity index is 1440. The van der Waals surface area contributed by atoms with Crippen LogP contribution in [0.5, 0.6) is 0 Å². The number of ether oxygens (including phenoxy) is 3. The molecule has 0 aromatic carbocycles. The van der Waals surface area contributed by atoms with Crippen LogP contribution in [-0.2, 0) is 19.0 Å². The highest BCUT2D eigenvalue weighted by molar-refractivity contribution is 9.10. The second-order valence-electron chi connectivity index (χ2n) is 18.3. The van der Waals surface area contributed by atoms with Gasteiger partial charge in [0.25, 0.3) is 0 Å². The Morgan fingerprint density at radius 1 is 1.08 bits per heavy atom. The average Bonchev–Trinajstić information content (AvgIpc) is 3.46. The molecule has 3 N–H and O–H groups in total. The van der Waals surface area contributed by atoms with E-state index in [9.17, 15) is 9.90 Å². The maximum Gasteiger partial charge on any atom is 0.307 e. The Hall–Kier alpha value is -1.33. The van der Waals surface area contributed by atoms with Crippen molar-refractivity contribution in [3.05, 3.63) is 22.7 Å². The van der Waals surface area contributed by atoms with Crippen molar-refractivity contribution in [2.75, 3.05) is 33.0 Å². The standard InChI is InChI=1S/C38H59BrN4O5/c1-23(2)24(3)33(4)12-13-35(6)25-8-9-28-34(5)19-47-21-38(28,26(25)10-11-36(35,7)29(33)31(44)45)18-27(43-32(39)41-22-42-43)30(34)48-20-37(40)14-16-46-17-15-37/h10,22-25,27-30H,8-9,11-21,40H2,1-7H3,(H,44,45)/t24-,25+,27-,28+,29-,30+,33-,34?,35-,36+,38+/m1/s1. The molecule has 11 atom stereocenters. The predicted molar refractivity (Wildman–Crippen MR) is 187 cm³/mol. The first-order valence-corrected chi connectivity index (χ1v) is 19.4.